The number of hydrogen-bond donors (Lipinski definition) is 2. The van der Waals surface area contributed by atoms with Gasteiger partial charge in [-0.25, -0.2) is 0 Å². The molecule has 0 radical (unpaired) electrons. The van der Waals surface area contributed by atoms with Gasteiger partial charge in [-0.1, -0.05) is 25.9 Å². The Bertz CT molecular complexity index is 487. The van der Waals surface area contributed by atoms with Gasteiger partial charge >= 0.3 is 0 Å². The minimum Gasteiger partial charge on any atom is -0.374 e. The van der Waals surface area contributed by atoms with Crippen LogP contribution in [0.25, 0.3) is 0 Å². The molecular formula is C14H25ClN4O3. The number of nitrogens with one attached hydrogen (secondary N) is 1. The van der Waals surface area contributed by atoms with Crippen LogP contribution in [0.1, 0.15) is 26.5 Å². The Morgan fingerprint density at radius 3 is 2.86 bits per heavy atom. The average molecular weight is 333 g/mol. The largest absolute Gasteiger partial charge is 0.374 e. The summed E-state index contributed by atoms with van der Waals surface area (Å²) in [4.78, 5) is 14.0. The van der Waals surface area contributed by atoms with E-state index in [1.165, 1.54) is 0 Å². The predicted molar refractivity (Wildman–Crippen MR) is 86.3 cm³/mol. The number of halogens is 1. The molecule has 0 spiro atoms. The topological polar surface area (TPSA) is 93.6 Å². The highest BCUT2D eigenvalue weighted by Crippen LogP contribution is 2.23. The van der Waals surface area contributed by atoms with Crippen LogP contribution in [0.15, 0.2) is 10.6 Å². The molecule has 1 aromatic heterocycles. The van der Waals surface area contributed by atoms with Gasteiger partial charge in [-0.3, -0.25) is 15.0 Å². The second-order valence-electron chi connectivity index (χ2n) is 6.34. The van der Waals surface area contributed by atoms with E-state index in [1.807, 2.05) is 25.7 Å². The molecule has 2 heterocycles. The number of nitrogens with zero attached hydrogens (tertiary/aromatic N) is 2. The van der Waals surface area contributed by atoms with Crippen LogP contribution in [0.3, 0.4) is 0 Å². The number of hydrogen-bond acceptors (Lipinski definition) is 6. The number of ether oxygens (including phenoxy) is 1. The van der Waals surface area contributed by atoms with Gasteiger partial charge in [0.05, 0.1) is 24.9 Å². The first-order chi connectivity index (χ1) is 9.88. The number of anilines is 1. The van der Waals surface area contributed by atoms with Crippen LogP contribution in [0.4, 0.5) is 5.88 Å². The Kier molecular flexibility index (Phi) is 6.80. The van der Waals surface area contributed by atoms with Gasteiger partial charge in [0, 0.05) is 31.1 Å². The molecule has 1 aliphatic rings. The quantitative estimate of drug-likeness (QED) is 0.854. The summed E-state index contributed by atoms with van der Waals surface area (Å²) in [5, 5.41) is 6.71. The highest BCUT2D eigenvalue weighted by Gasteiger charge is 2.23. The summed E-state index contributed by atoms with van der Waals surface area (Å²) in [5.74, 6) is 0.262. The first-order valence-corrected chi connectivity index (χ1v) is 7.19. The molecule has 1 fully saturated rings. The first-order valence-electron chi connectivity index (χ1n) is 7.19. The monoisotopic (exact) mass is 332 g/mol. The fraction of sp³-hybridized carbons (Fsp3) is 0.714. The van der Waals surface area contributed by atoms with E-state index in [1.54, 1.807) is 6.07 Å². The van der Waals surface area contributed by atoms with Crippen molar-refractivity contribution in [3.05, 3.63) is 11.8 Å². The smallest absolute Gasteiger partial charge is 0.240 e. The Balaban J connectivity index is 0.00000242. The number of carbonyl (C=O) groups excluding carboxylic acids is 1. The number of morpholine rings is 1. The van der Waals surface area contributed by atoms with Crippen molar-refractivity contribution < 1.29 is 14.1 Å². The van der Waals surface area contributed by atoms with Crippen LogP contribution in [-0.4, -0.2) is 54.9 Å². The number of carbonyl (C=O) groups is 1. The van der Waals surface area contributed by atoms with Crippen molar-refractivity contribution in [2.24, 2.45) is 5.73 Å². The molecule has 0 aromatic carbocycles. The maximum Gasteiger partial charge on any atom is 0.240 e. The number of rotatable bonds is 4. The third kappa shape index (κ3) is 5.24. The molecule has 1 aliphatic heterocycles. The third-order valence-corrected chi connectivity index (χ3v) is 3.39. The van der Waals surface area contributed by atoms with Gasteiger partial charge < -0.3 is 15.0 Å². The Morgan fingerprint density at radius 2 is 2.27 bits per heavy atom. The molecule has 2 rings (SSSR count). The lowest BCUT2D eigenvalue weighted by Crippen LogP contribution is -2.48. The zero-order valence-corrected chi connectivity index (χ0v) is 14.1. The molecule has 0 bridgehead atoms. The van der Waals surface area contributed by atoms with Crippen LogP contribution < -0.4 is 11.1 Å². The predicted octanol–water partition coefficient (Wildman–Crippen LogP) is 0.992. The van der Waals surface area contributed by atoms with E-state index < -0.39 is 0 Å². The second kappa shape index (κ2) is 7.92. The van der Waals surface area contributed by atoms with Crippen molar-refractivity contribution in [1.82, 2.24) is 10.1 Å². The van der Waals surface area contributed by atoms with Crippen LogP contribution in [0.2, 0.25) is 0 Å². The molecule has 0 saturated carbocycles. The van der Waals surface area contributed by atoms with Gasteiger partial charge in [-0.15, -0.1) is 12.4 Å². The second-order valence-corrected chi connectivity index (χ2v) is 6.34. The Labute approximate surface area is 136 Å². The zero-order chi connectivity index (χ0) is 15.5. The lowest BCUT2D eigenvalue weighted by molar-refractivity contribution is -0.119. The minimum absolute atomic E-state index is 0. The summed E-state index contributed by atoms with van der Waals surface area (Å²) in [6.45, 7) is 8.89. The van der Waals surface area contributed by atoms with E-state index in [2.05, 4.69) is 10.5 Å². The normalized spacial score (nSPS) is 19.5. The summed E-state index contributed by atoms with van der Waals surface area (Å²) < 4.78 is 10.6. The lowest BCUT2D eigenvalue weighted by atomic mass is 9.92. The molecule has 126 valence electrons. The molecule has 1 atom stereocenters. The Hall–Kier alpha value is -1.15. The van der Waals surface area contributed by atoms with Gasteiger partial charge in [0.25, 0.3) is 0 Å². The molecule has 1 saturated heterocycles. The molecule has 1 amide bonds. The van der Waals surface area contributed by atoms with Crippen molar-refractivity contribution in [3.63, 3.8) is 0 Å². The minimum atomic E-state index is -0.121. The maximum absolute atomic E-state index is 12.0. The summed E-state index contributed by atoms with van der Waals surface area (Å²) in [7, 11) is 0. The number of aromatic nitrogens is 1. The number of amides is 1. The van der Waals surface area contributed by atoms with Gasteiger partial charge in [-0.05, 0) is 0 Å². The molecule has 3 N–H and O–H groups in total. The van der Waals surface area contributed by atoms with Gasteiger partial charge in [0.15, 0.2) is 0 Å². The van der Waals surface area contributed by atoms with Gasteiger partial charge in [0.1, 0.15) is 0 Å². The van der Waals surface area contributed by atoms with Crippen molar-refractivity contribution in [1.29, 1.82) is 0 Å². The fourth-order valence-corrected chi connectivity index (χ4v) is 2.13. The summed E-state index contributed by atoms with van der Waals surface area (Å²) in [5.41, 5.74) is 6.29. The standard InChI is InChI=1S/C14H24N4O3.ClH/c1-14(2,3)11-6-13(21-17-11)16-12(19)9-18-4-5-20-10(7-15)8-18;/h6,10H,4-5,7-9,15H2,1-3H3,(H,16,19);1H. The van der Waals surface area contributed by atoms with E-state index >= 15 is 0 Å². The highest BCUT2D eigenvalue weighted by atomic mass is 35.5. The van der Waals surface area contributed by atoms with Crippen molar-refractivity contribution in [2.75, 3.05) is 38.1 Å². The zero-order valence-electron chi connectivity index (χ0n) is 13.3. The van der Waals surface area contributed by atoms with Crippen molar-refractivity contribution in [3.8, 4) is 0 Å². The average Bonchev–Trinajstić information content (AvgIpc) is 2.87. The van der Waals surface area contributed by atoms with Crippen LogP contribution >= 0.6 is 12.4 Å². The molecule has 7 nitrogen and oxygen atoms in total. The van der Waals surface area contributed by atoms with Gasteiger partial charge in [-0.2, -0.15) is 0 Å². The molecule has 0 aliphatic carbocycles. The summed E-state index contributed by atoms with van der Waals surface area (Å²) in [6, 6.07) is 1.76. The van der Waals surface area contributed by atoms with Crippen molar-refractivity contribution >= 4 is 24.2 Å². The summed E-state index contributed by atoms with van der Waals surface area (Å²) in [6.07, 6.45) is 0.00400. The van der Waals surface area contributed by atoms with Crippen LogP contribution in [0, 0.1) is 0 Å². The van der Waals surface area contributed by atoms with E-state index in [0.717, 1.165) is 12.2 Å². The van der Waals surface area contributed by atoms with Crippen LogP contribution in [0.5, 0.6) is 0 Å². The highest BCUT2D eigenvalue weighted by molar-refractivity contribution is 5.91. The molecule has 1 aromatic rings. The third-order valence-electron chi connectivity index (χ3n) is 3.39. The van der Waals surface area contributed by atoms with Crippen molar-refractivity contribution in [2.45, 2.75) is 32.3 Å². The lowest BCUT2D eigenvalue weighted by Gasteiger charge is -2.31. The van der Waals surface area contributed by atoms with E-state index in [9.17, 15) is 4.79 Å². The van der Waals surface area contributed by atoms with E-state index in [0.29, 0.717) is 32.1 Å². The van der Waals surface area contributed by atoms with Gasteiger partial charge in [0.2, 0.25) is 11.8 Å². The molecular weight excluding hydrogens is 308 g/mol. The SMILES string of the molecule is CC(C)(C)c1cc(NC(=O)CN2CCOC(CN)C2)on1.Cl. The first kappa shape index (κ1) is 18.9. The fourth-order valence-electron chi connectivity index (χ4n) is 2.13. The molecule has 1 unspecified atom stereocenters. The molecule has 22 heavy (non-hydrogen) atoms. The molecule has 8 heteroatoms. The van der Waals surface area contributed by atoms with Crippen LogP contribution in [-0.2, 0) is 14.9 Å². The van der Waals surface area contributed by atoms with E-state index in [4.69, 9.17) is 15.0 Å². The Morgan fingerprint density at radius 1 is 1.55 bits per heavy atom. The van der Waals surface area contributed by atoms with E-state index in [-0.39, 0.29) is 29.8 Å². The maximum atomic E-state index is 12.0. The summed E-state index contributed by atoms with van der Waals surface area (Å²) >= 11 is 0. The number of nitrogens with two attached hydrogens (primary N) is 1.